The molecule has 0 aliphatic rings. The number of carbonyl (C=O) groups is 2. The number of amides is 2. The Morgan fingerprint density at radius 2 is 1.76 bits per heavy atom. The van der Waals surface area contributed by atoms with E-state index in [1.54, 1.807) is 18.4 Å². The Morgan fingerprint density at radius 3 is 2.43 bits per heavy atom. The molecule has 0 radical (unpaired) electrons. The minimum atomic E-state index is -0.135. The summed E-state index contributed by atoms with van der Waals surface area (Å²) in [5, 5.41) is 5.57. The molecule has 0 saturated heterocycles. The minimum absolute atomic E-state index is 0.0568. The fourth-order valence-corrected chi connectivity index (χ4v) is 1.96. The standard InChI is InChI=1S/C16H26N2O3/c1-2-3-4-5-6-11-17-15(19)9-10-16(20)18-13-14-8-7-12-21-14/h7-8,12H,2-6,9-11,13H2,1H3,(H,17,19)(H,18,20). The van der Waals surface area contributed by atoms with Crippen LogP contribution in [0.3, 0.4) is 0 Å². The minimum Gasteiger partial charge on any atom is -0.467 e. The maximum absolute atomic E-state index is 11.6. The topological polar surface area (TPSA) is 71.3 Å². The number of nitrogens with one attached hydrogen (secondary N) is 2. The molecule has 1 rings (SSSR count). The average molecular weight is 294 g/mol. The van der Waals surface area contributed by atoms with Gasteiger partial charge in [0.2, 0.25) is 11.8 Å². The average Bonchev–Trinajstić information content (AvgIpc) is 3.00. The lowest BCUT2D eigenvalue weighted by atomic mass is 10.1. The highest BCUT2D eigenvalue weighted by Gasteiger charge is 2.06. The van der Waals surface area contributed by atoms with Crippen molar-refractivity contribution in [1.82, 2.24) is 10.6 Å². The van der Waals surface area contributed by atoms with Gasteiger partial charge in [-0.1, -0.05) is 32.6 Å². The van der Waals surface area contributed by atoms with Crippen LogP contribution < -0.4 is 10.6 Å². The van der Waals surface area contributed by atoms with Crippen molar-refractivity contribution < 1.29 is 14.0 Å². The van der Waals surface area contributed by atoms with Crippen molar-refractivity contribution in [2.45, 2.75) is 58.4 Å². The normalized spacial score (nSPS) is 10.3. The molecule has 0 spiro atoms. The van der Waals surface area contributed by atoms with E-state index in [1.165, 1.54) is 19.3 Å². The lowest BCUT2D eigenvalue weighted by molar-refractivity contribution is -0.126. The Kier molecular flexibility index (Phi) is 9.00. The summed E-state index contributed by atoms with van der Waals surface area (Å²) < 4.78 is 5.11. The Labute approximate surface area is 126 Å². The summed E-state index contributed by atoms with van der Waals surface area (Å²) >= 11 is 0. The predicted octanol–water partition coefficient (Wildman–Crippen LogP) is 2.76. The summed E-state index contributed by atoms with van der Waals surface area (Å²) in [5.74, 6) is 0.517. The van der Waals surface area contributed by atoms with E-state index in [0.717, 1.165) is 12.8 Å². The summed E-state index contributed by atoms with van der Waals surface area (Å²) in [6.45, 7) is 3.25. The van der Waals surface area contributed by atoms with Gasteiger partial charge in [0, 0.05) is 19.4 Å². The largest absolute Gasteiger partial charge is 0.467 e. The van der Waals surface area contributed by atoms with Gasteiger partial charge < -0.3 is 15.1 Å². The first-order valence-corrected chi connectivity index (χ1v) is 7.78. The fraction of sp³-hybridized carbons (Fsp3) is 0.625. The molecule has 0 aliphatic carbocycles. The van der Waals surface area contributed by atoms with E-state index in [4.69, 9.17) is 4.42 Å². The lowest BCUT2D eigenvalue weighted by Crippen LogP contribution is -2.28. The first-order valence-electron chi connectivity index (χ1n) is 7.78. The van der Waals surface area contributed by atoms with Crippen LogP contribution in [0.1, 0.15) is 57.6 Å². The molecule has 118 valence electrons. The van der Waals surface area contributed by atoms with Crippen molar-refractivity contribution in [2.75, 3.05) is 6.54 Å². The number of carbonyl (C=O) groups excluding carboxylic acids is 2. The molecule has 1 aromatic rings. The van der Waals surface area contributed by atoms with Gasteiger partial charge in [0.1, 0.15) is 5.76 Å². The Morgan fingerprint density at radius 1 is 1.05 bits per heavy atom. The summed E-state index contributed by atoms with van der Waals surface area (Å²) in [6.07, 6.45) is 7.87. The summed E-state index contributed by atoms with van der Waals surface area (Å²) in [5.41, 5.74) is 0. The number of hydrogen-bond donors (Lipinski definition) is 2. The molecule has 1 aromatic heterocycles. The van der Waals surface area contributed by atoms with Gasteiger partial charge >= 0.3 is 0 Å². The van der Waals surface area contributed by atoms with Crippen molar-refractivity contribution in [3.8, 4) is 0 Å². The molecule has 2 N–H and O–H groups in total. The van der Waals surface area contributed by atoms with E-state index in [2.05, 4.69) is 17.6 Å². The zero-order chi connectivity index (χ0) is 15.3. The van der Waals surface area contributed by atoms with Crippen LogP contribution in [0.15, 0.2) is 22.8 Å². The number of unbranched alkanes of at least 4 members (excludes halogenated alkanes) is 4. The molecule has 0 bridgehead atoms. The van der Waals surface area contributed by atoms with E-state index in [0.29, 0.717) is 18.8 Å². The van der Waals surface area contributed by atoms with Gasteiger partial charge in [-0.25, -0.2) is 0 Å². The molecule has 0 aromatic carbocycles. The SMILES string of the molecule is CCCCCCCNC(=O)CCC(=O)NCc1ccco1. The molecule has 1 heterocycles. The summed E-state index contributed by atoms with van der Waals surface area (Å²) in [6, 6.07) is 3.57. The van der Waals surface area contributed by atoms with Crippen LogP contribution in [-0.4, -0.2) is 18.4 Å². The third-order valence-corrected chi connectivity index (χ3v) is 3.22. The van der Waals surface area contributed by atoms with E-state index in [1.807, 2.05) is 0 Å². The van der Waals surface area contributed by atoms with Gasteiger partial charge in [0.05, 0.1) is 12.8 Å². The highest BCUT2D eigenvalue weighted by molar-refractivity contribution is 5.83. The molecule has 0 aliphatic heterocycles. The van der Waals surface area contributed by atoms with Gasteiger partial charge in [-0.3, -0.25) is 9.59 Å². The predicted molar refractivity (Wildman–Crippen MR) is 81.6 cm³/mol. The second kappa shape index (κ2) is 10.9. The van der Waals surface area contributed by atoms with Crippen LogP contribution in [0, 0.1) is 0 Å². The number of rotatable bonds is 11. The second-order valence-electron chi connectivity index (χ2n) is 5.12. The van der Waals surface area contributed by atoms with Crippen molar-refractivity contribution in [2.24, 2.45) is 0 Å². The maximum Gasteiger partial charge on any atom is 0.220 e. The third kappa shape index (κ3) is 8.89. The first kappa shape index (κ1) is 17.3. The Bertz CT molecular complexity index is 402. The molecular formula is C16H26N2O3. The highest BCUT2D eigenvalue weighted by Crippen LogP contribution is 2.01. The zero-order valence-electron chi connectivity index (χ0n) is 12.8. The van der Waals surface area contributed by atoms with Crippen molar-refractivity contribution in [3.05, 3.63) is 24.2 Å². The summed E-state index contributed by atoms with van der Waals surface area (Å²) in [7, 11) is 0. The van der Waals surface area contributed by atoms with Crippen molar-refractivity contribution in [3.63, 3.8) is 0 Å². The summed E-state index contributed by atoms with van der Waals surface area (Å²) in [4.78, 5) is 23.1. The van der Waals surface area contributed by atoms with Gasteiger partial charge in [0.25, 0.3) is 0 Å². The molecule has 0 saturated carbocycles. The molecule has 0 fully saturated rings. The van der Waals surface area contributed by atoms with Crippen LogP contribution in [0.2, 0.25) is 0 Å². The molecule has 0 atom stereocenters. The van der Waals surface area contributed by atoms with Crippen LogP contribution in [0.5, 0.6) is 0 Å². The van der Waals surface area contributed by atoms with Crippen LogP contribution in [-0.2, 0) is 16.1 Å². The van der Waals surface area contributed by atoms with Crippen molar-refractivity contribution in [1.29, 1.82) is 0 Å². The molecule has 0 unspecified atom stereocenters. The monoisotopic (exact) mass is 294 g/mol. The van der Waals surface area contributed by atoms with Gasteiger partial charge in [0.15, 0.2) is 0 Å². The maximum atomic E-state index is 11.6. The first-order chi connectivity index (χ1) is 10.2. The number of furan rings is 1. The smallest absolute Gasteiger partial charge is 0.220 e. The van der Waals surface area contributed by atoms with E-state index in [9.17, 15) is 9.59 Å². The quantitative estimate of drug-likeness (QED) is 0.616. The molecule has 5 nitrogen and oxygen atoms in total. The Hall–Kier alpha value is -1.78. The van der Waals surface area contributed by atoms with Crippen molar-refractivity contribution >= 4 is 11.8 Å². The Balaban J connectivity index is 1.97. The van der Waals surface area contributed by atoms with E-state index >= 15 is 0 Å². The molecule has 2 amide bonds. The van der Waals surface area contributed by atoms with Gasteiger partial charge in [-0.2, -0.15) is 0 Å². The molecule has 21 heavy (non-hydrogen) atoms. The van der Waals surface area contributed by atoms with Crippen LogP contribution in [0.25, 0.3) is 0 Å². The zero-order valence-corrected chi connectivity index (χ0v) is 12.8. The van der Waals surface area contributed by atoms with Crippen LogP contribution in [0.4, 0.5) is 0 Å². The second-order valence-corrected chi connectivity index (χ2v) is 5.12. The lowest BCUT2D eigenvalue weighted by Gasteiger charge is -2.05. The van der Waals surface area contributed by atoms with E-state index in [-0.39, 0.29) is 24.7 Å². The fourth-order valence-electron chi connectivity index (χ4n) is 1.96. The third-order valence-electron chi connectivity index (χ3n) is 3.22. The molecular weight excluding hydrogens is 268 g/mol. The highest BCUT2D eigenvalue weighted by atomic mass is 16.3. The van der Waals surface area contributed by atoms with Gasteiger partial charge in [-0.15, -0.1) is 0 Å². The van der Waals surface area contributed by atoms with Gasteiger partial charge in [-0.05, 0) is 18.6 Å². The van der Waals surface area contributed by atoms with E-state index < -0.39 is 0 Å². The number of hydrogen-bond acceptors (Lipinski definition) is 3. The van der Waals surface area contributed by atoms with Crippen LogP contribution >= 0.6 is 0 Å². The molecule has 5 heteroatoms.